The zero-order valence-electron chi connectivity index (χ0n) is 13.7. The van der Waals surface area contributed by atoms with E-state index in [4.69, 9.17) is 21.1 Å². The molecule has 2 heterocycles. The van der Waals surface area contributed by atoms with E-state index in [-0.39, 0.29) is 11.5 Å². The summed E-state index contributed by atoms with van der Waals surface area (Å²) in [4.78, 5) is 16.4. The molecule has 0 atom stereocenters. The molecule has 0 amide bonds. The van der Waals surface area contributed by atoms with Crippen LogP contribution in [0.25, 0.3) is 6.08 Å². The second kappa shape index (κ2) is 7.02. The molecule has 5 heteroatoms. The van der Waals surface area contributed by atoms with Crippen molar-refractivity contribution in [3.8, 4) is 11.5 Å². The van der Waals surface area contributed by atoms with Gasteiger partial charge in [0.05, 0.1) is 5.56 Å². The lowest BCUT2D eigenvalue weighted by Gasteiger charge is -2.08. The highest BCUT2D eigenvalue weighted by atomic mass is 35.5. The lowest BCUT2D eigenvalue weighted by Crippen LogP contribution is -1.98. The highest BCUT2D eigenvalue weighted by molar-refractivity contribution is 6.31. The van der Waals surface area contributed by atoms with Gasteiger partial charge < -0.3 is 9.47 Å². The largest absolute Gasteiger partial charge is 0.489 e. The number of halogens is 1. The Hall–Kier alpha value is -3.11. The van der Waals surface area contributed by atoms with E-state index in [1.165, 1.54) is 0 Å². The molecule has 128 valence electrons. The van der Waals surface area contributed by atoms with Crippen molar-refractivity contribution < 1.29 is 14.3 Å². The lowest BCUT2D eigenvalue weighted by molar-refractivity contribution is 0.101. The van der Waals surface area contributed by atoms with Crippen LogP contribution in [0.5, 0.6) is 11.5 Å². The number of allylic oxidation sites excluding steroid dienone is 1. The molecule has 1 aliphatic heterocycles. The number of hydrogen-bond acceptors (Lipinski definition) is 4. The summed E-state index contributed by atoms with van der Waals surface area (Å²) in [6.45, 7) is 0.339. The number of Topliss-reactive ketones (excluding diaryl/α,β-unsaturated/α-hetero) is 1. The molecule has 3 aromatic rings. The molecule has 4 rings (SSSR count). The minimum absolute atomic E-state index is 0.144. The molecule has 0 fully saturated rings. The third-order valence-corrected chi connectivity index (χ3v) is 4.37. The smallest absolute Gasteiger partial charge is 0.231 e. The number of ether oxygens (including phenoxy) is 2. The van der Waals surface area contributed by atoms with Crippen molar-refractivity contribution in [2.45, 2.75) is 6.61 Å². The molecular weight excluding hydrogens is 350 g/mol. The Kier molecular flexibility index (Phi) is 4.42. The quantitative estimate of drug-likeness (QED) is 0.617. The van der Waals surface area contributed by atoms with Gasteiger partial charge in [-0.3, -0.25) is 9.78 Å². The van der Waals surface area contributed by atoms with E-state index in [1.54, 1.807) is 36.7 Å². The summed E-state index contributed by atoms with van der Waals surface area (Å²) in [6, 6.07) is 16.3. The molecule has 1 aromatic heterocycles. The minimum atomic E-state index is -0.144. The van der Waals surface area contributed by atoms with Crippen molar-refractivity contribution in [2.75, 3.05) is 0 Å². The average molecular weight is 364 g/mol. The van der Waals surface area contributed by atoms with Crippen molar-refractivity contribution in [1.29, 1.82) is 0 Å². The third-order valence-electron chi connectivity index (χ3n) is 4.00. The molecular formula is C21H14ClNO3. The highest BCUT2D eigenvalue weighted by Gasteiger charge is 2.27. The molecule has 2 aromatic carbocycles. The van der Waals surface area contributed by atoms with Gasteiger partial charge in [-0.2, -0.15) is 0 Å². The number of rotatable bonds is 4. The molecule has 26 heavy (non-hydrogen) atoms. The molecule has 0 N–H and O–H groups in total. The first kappa shape index (κ1) is 16.4. The molecule has 0 unspecified atom stereocenters. The Balaban J connectivity index is 1.53. The fourth-order valence-electron chi connectivity index (χ4n) is 2.64. The van der Waals surface area contributed by atoms with Crippen molar-refractivity contribution in [1.82, 2.24) is 4.98 Å². The van der Waals surface area contributed by atoms with Crippen LogP contribution in [0.4, 0.5) is 0 Å². The zero-order chi connectivity index (χ0) is 17.9. The fraction of sp³-hybridized carbons (Fsp3) is 0.0476. The lowest BCUT2D eigenvalue weighted by atomic mass is 10.1. The van der Waals surface area contributed by atoms with Crippen LogP contribution in [0.1, 0.15) is 21.5 Å². The predicted octanol–water partition coefficient (Wildman–Crippen LogP) is 4.93. The fourth-order valence-corrected chi connectivity index (χ4v) is 2.83. The van der Waals surface area contributed by atoms with Crippen molar-refractivity contribution in [3.63, 3.8) is 0 Å². The van der Waals surface area contributed by atoms with Gasteiger partial charge >= 0.3 is 0 Å². The van der Waals surface area contributed by atoms with Crippen molar-refractivity contribution in [3.05, 3.63) is 94.5 Å². The van der Waals surface area contributed by atoms with Crippen LogP contribution in [0, 0.1) is 0 Å². The van der Waals surface area contributed by atoms with E-state index in [0.717, 1.165) is 11.1 Å². The second-order valence-electron chi connectivity index (χ2n) is 5.76. The Morgan fingerprint density at radius 1 is 1.08 bits per heavy atom. The number of ketones is 1. The summed E-state index contributed by atoms with van der Waals surface area (Å²) in [5, 5.41) is 0.655. The van der Waals surface area contributed by atoms with Crippen LogP contribution < -0.4 is 9.47 Å². The number of benzene rings is 2. The van der Waals surface area contributed by atoms with Gasteiger partial charge in [0, 0.05) is 29.0 Å². The summed E-state index contributed by atoms with van der Waals surface area (Å²) in [5.41, 5.74) is 2.27. The molecule has 0 aliphatic carbocycles. The maximum Gasteiger partial charge on any atom is 0.231 e. The normalized spacial score (nSPS) is 14.2. The van der Waals surface area contributed by atoms with Gasteiger partial charge in [0.15, 0.2) is 5.76 Å². The first-order valence-electron chi connectivity index (χ1n) is 8.05. The molecule has 0 spiro atoms. The number of hydrogen-bond donors (Lipinski definition) is 0. The maximum atomic E-state index is 12.5. The van der Waals surface area contributed by atoms with E-state index < -0.39 is 0 Å². The first-order valence-corrected chi connectivity index (χ1v) is 8.43. The highest BCUT2D eigenvalue weighted by Crippen LogP contribution is 2.35. The predicted molar refractivity (Wildman–Crippen MR) is 99.4 cm³/mol. The monoisotopic (exact) mass is 363 g/mol. The van der Waals surface area contributed by atoms with Gasteiger partial charge in [0.1, 0.15) is 18.1 Å². The average Bonchev–Trinajstić information content (AvgIpc) is 2.97. The van der Waals surface area contributed by atoms with E-state index in [0.29, 0.717) is 28.7 Å². The van der Waals surface area contributed by atoms with E-state index >= 15 is 0 Å². The number of nitrogens with zero attached hydrogens (tertiary/aromatic N) is 1. The van der Waals surface area contributed by atoms with Gasteiger partial charge in [0.2, 0.25) is 5.78 Å². The standard InChI is InChI=1S/C21H14ClNO3/c22-18-4-2-1-3-15(18)13-25-16-5-6-17-19(12-16)26-20(21(17)24)11-14-7-9-23-10-8-14/h1-12H,13H2/b20-11-. The molecule has 4 nitrogen and oxygen atoms in total. The van der Waals surface area contributed by atoms with Gasteiger partial charge in [-0.15, -0.1) is 0 Å². The van der Waals surface area contributed by atoms with Crippen LogP contribution in [-0.2, 0) is 6.61 Å². The number of fused-ring (bicyclic) bond motifs is 1. The van der Waals surface area contributed by atoms with Gasteiger partial charge in [-0.05, 0) is 42.0 Å². The number of carbonyl (C=O) groups is 1. The van der Waals surface area contributed by atoms with Crippen LogP contribution in [-0.4, -0.2) is 10.8 Å². The summed E-state index contributed by atoms with van der Waals surface area (Å²) in [6.07, 6.45) is 5.04. The minimum Gasteiger partial charge on any atom is -0.489 e. The molecule has 1 aliphatic rings. The van der Waals surface area contributed by atoms with E-state index in [2.05, 4.69) is 4.98 Å². The number of aromatic nitrogens is 1. The van der Waals surface area contributed by atoms with Crippen molar-refractivity contribution in [2.24, 2.45) is 0 Å². The van der Waals surface area contributed by atoms with Crippen molar-refractivity contribution >= 4 is 23.5 Å². The Bertz CT molecular complexity index is 999. The zero-order valence-corrected chi connectivity index (χ0v) is 14.4. The summed E-state index contributed by atoms with van der Waals surface area (Å²) >= 11 is 6.14. The second-order valence-corrected chi connectivity index (χ2v) is 6.17. The van der Waals surface area contributed by atoms with Gasteiger partial charge in [-0.1, -0.05) is 29.8 Å². The van der Waals surface area contributed by atoms with Gasteiger partial charge in [-0.25, -0.2) is 0 Å². The van der Waals surface area contributed by atoms with Crippen LogP contribution in [0.3, 0.4) is 0 Å². The molecule has 0 bridgehead atoms. The van der Waals surface area contributed by atoms with Crippen LogP contribution in [0.2, 0.25) is 5.02 Å². The van der Waals surface area contributed by atoms with Crippen LogP contribution in [0.15, 0.2) is 72.8 Å². The summed E-state index contributed by atoms with van der Waals surface area (Å²) in [7, 11) is 0. The van der Waals surface area contributed by atoms with Gasteiger partial charge in [0.25, 0.3) is 0 Å². The Morgan fingerprint density at radius 2 is 1.88 bits per heavy atom. The number of carbonyl (C=O) groups excluding carboxylic acids is 1. The summed E-state index contributed by atoms with van der Waals surface area (Å²) in [5.74, 6) is 1.25. The molecule has 0 saturated carbocycles. The van der Waals surface area contributed by atoms with E-state index in [1.807, 2.05) is 36.4 Å². The van der Waals surface area contributed by atoms with Crippen LogP contribution >= 0.6 is 11.6 Å². The maximum absolute atomic E-state index is 12.5. The molecule has 0 radical (unpaired) electrons. The van der Waals surface area contributed by atoms with E-state index in [9.17, 15) is 4.79 Å². The number of pyridine rings is 1. The topological polar surface area (TPSA) is 48.4 Å². The Morgan fingerprint density at radius 3 is 2.69 bits per heavy atom. The molecule has 0 saturated heterocycles. The first-order chi connectivity index (χ1) is 12.7. The summed E-state index contributed by atoms with van der Waals surface area (Å²) < 4.78 is 11.5. The SMILES string of the molecule is O=C1/C(=C/c2ccncc2)Oc2cc(OCc3ccccc3Cl)ccc21. The Labute approximate surface area is 155 Å². The third kappa shape index (κ3) is 3.32.